The third-order valence-corrected chi connectivity index (χ3v) is 2.59. The van der Waals surface area contributed by atoms with E-state index in [4.69, 9.17) is 0 Å². The zero-order valence-electron chi connectivity index (χ0n) is 9.44. The van der Waals surface area contributed by atoms with E-state index >= 15 is 0 Å². The second-order valence-electron chi connectivity index (χ2n) is 3.79. The van der Waals surface area contributed by atoms with Crippen LogP contribution >= 0.6 is 0 Å². The molecule has 0 bridgehead atoms. The van der Waals surface area contributed by atoms with Crippen molar-refractivity contribution in [2.45, 2.75) is 19.5 Å². The molecule has 96 valence electrons. The lowest BCUT2D eigenvalue weighted by Crippen LogP contribution is -2.19. The molecule has 0 radical (unpaired) electrons. The average molecular weight is 257 g/mol. The molecule has 0 N–H and O–H groups in total. The van der Waals surface area contributed by atoms with Crippen LogP contribution in [0.15, 0.2) is 30.5 Å². The first-order chi connectivity index (χ1) is 8.42. The zero-order valence-corrected chi connectivity index (χ0v) is 9.44. The molecule has 0 saturated carbocycles. The van der Waals surface area contributed by atoms with E-state index in [-0.39, 0.29) is 0 Å². The predicted octanol–water partition coefficient (Wildman–Crippen LogP) is 3.51. The molecule has 1 aromatic heterocycles. The van der Waals surface area contributed by atoms with Gasteiger partial charge < -0.3 is 4.57 Å². The number of carbonyl (C=O) groups excluding carboxylic acids is 1. The molecule has 3 nitrogen and oxygen atoms in total. The van der Waals surface area contributed by atoms with E-state index in [0.717, 1.165) is 0 Å². The molecule has 0 aliphatic carbocycles. The number of ether oxygens (including phenoxy) is 1. The molecule has 2 rings (SSSR count). The highest BCUT2D eigenvalue weighted by atomic mass is 19.4. The second-order valence-corrected chi connectivity index (χ2v) is 3.79. The van der Waals surface area contributed by atoms with Gasteiger partial charge in [-0.2, -0.15) is 0 Å². The largest absolute Gasteiger partial charge is 0.524 e. The fourth-order valence-corrected chi connectivity index (χ4v) is 1.88. The summed E-state index contributed by atoms with van der Waals surface area (Å²) in [6, 6.07) is 6.72. The number of aromatic nitrogens is 1. The van der Waals surface area contributed by atoms with E-state index in [9.17, 15) is 18.0 Å². The summed E-state index contributed by atoms with van der Waals surface area (Å²) in [5.41, 5.74) is 0.861. The summed E-state index contributed by atoms with van der Waals surface area (Å²) in [5.74, 6) is 0. The second kappa shape index (κ2) is 4.45. The van der Waals surface area contributed by atoms with Gasteiger partial charge in [0.2, 0.25) is 0 Å². The van der Waals surface area contributed by atoms with Crippen molar-refractivity contribution < 1.29 is 22.7 Å². The Morgan fingerprint density at radius 1 is 1.33 bits per heavy atom. The van der Waals surface area contributed by atoms with Gasteiger partial charge in [0.25, 0.3) is 0 Å². The highest BCUT2D eigenvalue weighted by Crippen LogP contribution is 2.28. The summed E-state index contributed by atoms with van der Waals surface area (Å²) >= 11 is 0. The van der Waals surface area contributed by atoms with Gasteiger partial charge in [-0.3, -0.25) is 9.53 Å². The topological polar surface area (TPSA) is 31.2 Å². The summed E-state index contributed by atoms with van der Waals surface area (Å²) in [7, 11) is 0. The van der Waals surface area contributed by atoms with Crippen LogP contribution in [0.3, 0.4) is 0 Å². The summed E-state index contributed by atoms with van der Waals surface area (Å²) in [6.45, 7) is 1.27. The van der Waals surface area contributed by atoms with Crippen LogP contribution in [0.4, 0.5) is 13.2 Å². The van der Waals surface area contributed by atoms with Crippen molar-refractivity contribution in [3.63, 3.8) is 0 Å². The van der Waals surface area contributed by atoms with Gasteiger partial charge >= 0.3 is 6.36 Å². The fraction of sp³-hybridized carbons (Fsp3) is 0.250. The Bertz CT molecular complexity index is 574. The monoisotopic (exact) mass is 257 g/mol. The first kappa shape index (κ1) is 12.6. The third-order valence-electron chi connectivity index (χ3n) is 2.59. The fourth-order valence-electron chi connectivity index (χ4n) is 1.88. The quantitative estimate of drug-likeness (QED) is 0.788. The minimum absolute atomic E-state index is 0.336. The van der Waals surface area contributed by atoms with Crippen LogP contribution in [0.5, 0.6) is 0 Å². The van der Waals surface area contributed by atoms with Crippen LogP contribution in [-0.2, 0) is 4.74 Å². The zero-order chi connectivity index (χ0) is 13.3. The number of alkyl halides is 3. The van der Waals surface area contributed by atoms with Crippen LogP contribution < -0.4 is 0 Å². The molecule has 0 aliphatic heterocycles. The minimum atomic E-state index is -4.72. The van der Waals surface area contributed by atoms with E-state index in [2.05, 4.69) is 4.74 Å². The van der Waals surface area contributed by atoms with Crippen LogP contribution in [0.25, 0.3) is 10.9 Å². The summed E-state index contributed by atoms with van der Waals surface area (Å²) in [6.07, 6.45) is -3.98. The number of benzene rings is 1. The van der Waals surface area contributed by atoms with Gasteiger partial charge in [0, 0.05) is 17.1 Å². The van der Waals surface area contributed by atoms with E-state index in [1.54, 1.807) is 24.3 Å². The molecule has 1 unspecified atom stereocenters. The smallest absolute Gasteiger partial charge is 0.320 e. The van der Waals surface area contributed by atoms with Crippen molar-refractivity contribution in [3.8, 4) is 0 Å². The Balaban J connectivity index is 2.48. The molecule has 0 spiro atoms. The molecular weight excluding hydrogens is 247 g/mol. The maximum absolute atomic E-state index is 12.2. The Morgan fingerprint density at radius 3 is 2.61 bits per heavy atom. The van der Waals surface area contributed by atoms with E-state index in [1.165, 1.54) is 17.7 Å². The number of rotatable bonds is 3. The van der Waals surface area contributed by atoms with Gasteiger partial charge in [0.15, 0.2) is 6.29 Å². The molecule has 1 atom stereocenters. The molecule has 1 heterocycles. The van der Waals surface area contributed by atoms with Crippen molar-refractivity contribution in [3.05, 3.63) is 36.0 Å². The number of nitrogens with zero attached hydrogens (tertiary/aromatic N) is 1. The first-order valence-electron chi connectivity index (χ1n) is 5.21. The molecular formula is C12H10F3NO2. The van der Waals surface area contributed by atoms with Gasteiger partial charge in [-0.25, -0.2) is 0 Å². The van der Waals surface area contributed by atoms with Crippen LogP contribution in [0.2, 0.25) is 0 Å². The highest BCUT2D eigenvalue weighted by Gasteiger charge is 2.33. The molecule has 1 aromatic carbocycles. The number of fused-ring (bicyclic) bond motifs is 1. The molecule has 2 aromatic rings. The molecule has 0 saturated heterocycles. The van der Waals surface area contributed by atoms with Crippen molar-refractivity contribution in [1.82, 2.24) is 4.57 Å². The van der Waals surface area contributed by atoms with Gasteiger partial charge in [-0.1, -0.05) is 18.2 Å². The van der Waals surface area contributed by atoms with Crippen LogP contribution in [0, 0.1) is 0 Å². The molecule has 6 heteroatoms. The summed E-state index contributed by atoms with van der Waals surface area (Å²) in [4.78, 5) is 10.9. The number of para-hydroxylation sites is 1. The summed E-state index contributed by atoms with van der Waals surface area (Å²) in [5, 5.41) is 0.602. The number of aldehydes is 1. The Morgan fingerprint density at radius 2 is 2.00 bits per heavy atom. The molecule has 18 heavy (non-hydrogen) atoms. The number of carbonyl (C=O) groups is 1. The summed E-state index contributed by atoms with van der Waals surface area (Å²) < 4.78 is 41.7. The maximum Gasteiger partial charge on any atom is 0.524 e. The number of halogens is 3. The lowest BCUT2D eigenvalue weighted by Gasteiger charge is -2.17. The average Bonchev–Trinajstić information content (AvgIpc) is 2.65. The van der Waals surface area contributed by atoms with E-state index in [0.29, 0.717) is 22.8 Å². The van der Waals surface area contributed by atoms with E-state index in [1.807, 2.05) is 0 Å². The Kier molecular flexibility index (Phi) is 3.13. The van der Waals surface area contributed by atoms with Crippen LogP contribution in [-0.4, -0.2) is 17.2 Å². The third kappa shape index (κ3) is 2.38. The van der Waals surface area contributed by atoms with Gasteiger partial charge in [-0.15, -0.1) is 13.2 Å². The molecule has 0 aliphatic rings. The van der Waals surface area contributed by atoms with Crippen molar-refractivity contribution in [1.29, 1.82) is 0 Å². The Labute approximate surface area is 101 Å². The number of hydrogen-bond donors (Lipinski definition) is 0. The lowest BCUT2D eigenvalue weighted by molar-refractivity contribution is -0.351. The van der Waals surface area contributed by atoms with Gasteiger partial charge in [0.05, 0.1) is 5.52 Å². The standard InChI is InChI=1S/C12H10F3NO2/c1-8(18-12(13,14)15)16-6-9(7-17)10-4-2-3-5-11(10)16/h2-8H,1H3. The highest BCUT2D eigenvalue weighted by molar-refractivity contribution is 5.97. The van der Waals surface area contributed by atoms with Crippen LogP contribution in [0.1, 0.15) is 23.5 Å². The predicted molar refractivity (Wildman–Crippen MR) is 59.2 cm³/mol. The van der Waals surface area contributed by atoms with Gasteiger partial charge in [0.1, 0.15) is 6.23 Å². The van der Waals surface area contributed by atoms with Crippen molar-refractivity contribution >= 4 is 17.2 Å². The maximum atomic E-state index is 12.2. The Hall–Kier alpha value is -1.82. The van der Waals surface area contributed by atoms with Gasteiger partial charge in [-0.05, 0) is 13.0 Å². The number of hydrogen-bond acceptors (Lipinski definition) is 2. The molecule has 0 amide bonds. The van der Waals surface area contributed by atoms with E-state index < -0.39 is 12.6 Å². The van der Waals surface area contributed by atoms with Crippen molar-refractivity contribution in [2.75, 3.05) is 0 Å². The SMILES string of the molecule is CC(OC(F)(F)F)n1cc(C=O)c2ccccc21. The normalized spacial score (nSPS) is 13.8. The van der Waals surface area contributed by atoms with Crippen molar-refractivity contribution in [2.24, 2.45) is 0 Å². The first-order valence-corrected chi connectivity index (χ1v) is 5.21. The minimum Gasteiger partial charge on any atom is -0.320 e. The molecule has 0 fully saturated rings. The lowest BCUT2D eigenvalue weighted by atomic mass is 10.2.